The molecule has 12 heavy (non-hydrogen) atoms. The first kappa shape index (κ1) is 9.51. The van der Waals surface area contributed by atoms with Crippen LogP contribution in [0.1, 0.15) is 5.56 Å². The van der Waals surface area contributed by atoms with Crippen LogP contribution in [-0.2, 0) is 6.32 Å². The van der Waals surface area contributed by atoms with E-state index in [0.717, 1.165) is 0 Å². The fourth-order valence-corrected chi connectivity index (χ4v) is 1.09. The second kappa shape index (κ2) is 3.89. The Morgan fingerprint density at radius 1 is 1.42 bits per heavy atom. The molecular weight excluding hydrogens is 181 g/mol. The molecule has 0 amide bonds. The third kappa shape index (κ3) is 2.48. The van der Waals surface area contributed by atoms with Gasteiger partial charge in [0.1, 0.15) is 5.82 Å². The number of benzene rings is 1. The average molecular weight is 188 g/mol. The van der Waals surface area contributed by atoms with Crippen molar-refractivity contribution in [2.75, 3.05) is 0 Å². The van der Waals surface area contributed by atoms with Crippen molar-refractivity contribution in [3.05, 3.63) is 34.6 Å². The Kier molecular flexibility index (Phi) is 3.09. The summed E-state index contributed by atoms with van der Waals surface area (Å²) in [5.41, 5.74) is 0.206. The number of halogens is 2. The normalized spacial score (nSPS) is 10.0. The van der Waals surface area contributed by atoms with Crippen LogP contribution in [0.5, 0.6) is 0 Å². The molecule has 0 spiro atoms. The predicted octanol–water partition coefficient (Wildman–Crippen LogP) is 1.03. The van der Waals surface area contributed by atoms with Crippen molar-refractivity contribution in [2.45, 2.75) is 6.32 Å². The molecule has 0 atom stereocenters. The van der Waals surface area contributed by atoms with Crippen molar-refractivity contribution >= 4 is 18.7 Å². The Bertz CT molecular complexity index is 280. The first-order valence-electron chi connectivity index (χ1n) is 3.39. The minimum absolute atomic E-state index is 0.146. The molecular formula is C7H7BClFO2. The second-order valence-electron chi connectivity index (χ2n) is 2.42. The molecule has 1 aromatic rings. The lowest BCUT2D eigenvalue weighted by Crippen LogP contribution is -2.16. The summed E-state index contributed by atoms with van der Waals surface area (Å²) < 4.78 is 12.8. The molecule has 0 aliphatic rings. The van der Waals surface area contributed by atoms with Crippen LogP contribution in [0.2, 0.25) is 5.02 Å². The molecule has 0 radical (unpaired) electrons. The predicted molar refractivity (Wildman–Crippen MR) is 45.3 cm³/mol. The lowest BCUT2D eigenvalue weighted by Gasteiger charge is -2.01. The van der Waals surface area contributed by atoms with E-state index in [1.807, 2.05) is 0 Å². The first-order chi connectivity index (χ1) is 5.59. The van der Waals surface area contributed by atoms with Gasteiger partial charge in [-0.15, -0.1) is 0 Å². The Hall–Kier alpha value is -0.575. The number of hydrogen-bond donors (Lipinski definition) is 2. The van der Waals surface area contributed by atoms with E-state index in [4.69, 9.17) is 21.6 Å². The summed E-state index contributed by atoms with van der Waals surface area (Å²) in [5, 5.41) is 17.5. The molecule has 0 saturated carbocycles. The largest absolute Gasteiger partial charge is 0.456 e. The second-order valence-corrected chi connectivity index (χ2v) is 2.86. The fourth-order valence-electron chi connectivity index (χ4n) is 0.896. The molecule has 2 nitrogen and oxygen atoms in total. The van der Waals surface area contributed by atoms with Gasteiger partial charge < -0.3 is 10.0 Å². The van der Waals surface area contributed by atoms with Gasteiger partial charge in [-0.1, -0.05) is 11.6 Å². The maximum absolute atomic E-state index is 12.8. The molecule has 5 heteroatoms. The summed E-state index contributed by atoms with van der Waals surface area (Å²) in [6, 6.07) is 3.97. The highest BCUT2D eigenvalue weighted by molar-refractivity contribution is 6.40. The SMILES string of the molecule is OB(O)Cc1cc(Cl)ccc1F. The minimum atomic E-state index is -1.54. The van der Waals surface area contributed by atoms with Gasteiger partial charge in [0.2, 0.25) is 0 Å². The van der Waals surface area contributed by atoms with Crippen molar-refractivity contribution in [2.24, 2.45) is 0 Å². The number of rotatable bonds is 2. The van der Waals surface area contributed by atoms with Crippen LogP contribution in [-0.4, -0.2) is 17.2 Å². The van der Waals surface area contributed by atoms with Crippen LogP contribution < -0.4 is 0 Å². The molecule has 0 saturated heterocycles. The molecule has 64 valence electrons. The van der Waals surface area contributed by atoms with Crippen LogP contribution in [0.25, 0.3) is 0 Å². The monoisotopic (exact) mass is 188 g/mol. The van der Waals surface area contributed by atoms with Gasteiger partial charge in [0, 0.05) is 11.3 Å². The van der Waals surface area contributed by atoms with Crippen LogP contribution >= 0.6 is 11.6 Å². The Balaban J connectivity index is 2.90. The Labute approximate surface area is 74.7 Å². The molecule has 0 aliphatic carbocycles. The minimum Gasteiger partial charge on any atom is -0.427 e. The molecule has 0 aromatic heterocycles. The van der Waals surface area contributed by atoms with Crippen molar-refractivity contribution < 1.29 is 14.4 Å². The zero-order chi connectivity index (χ0) is 9.14. The summed E-state index contributed by atoms with van der Waals surface area (Å²) in [6.45, 7) is 0. The summed E-state index contributed by atoms with van der Waals surface area (Å²) in [4.78, 5) is 0. The summed E-state index contributed by atoms with van der Waals surface area (Å²) >= 11 is 5.57. The van der Waals surface area contributed by atoms with Crippen LogP contribution in [0.3, 0.4) is 0 Å². The van der Waals surface area contributed by atoms with Gasteiger partial charge in [-0.25, -0.2) is 4.39 Å². The molecule has 0 heterocycles. The first-order valence-corrected chi connectivity index (χ1v) is 3.77. The third-order valence-electron chi connectivity index (χ3n) is 1.41. The fraction of sp³-hybridized carbons (Fsp3) is 0.143. The number of hydrogen-bond acceptors (Lipinski definition) is 2. The maximum Gasteiger partial charge on any atom is 0.456 e. The van der Waals surface area contributed by atoms with Crippen molar-refractivity contribution in [1.29, 1.82) is 0 Å². The molecule has 0 bridgehead atoms. The lowest BCUT2D eigenvalue weighted by atomic mass is 9.82. The van der Waals surface area contributed by atoms with Gasteiger partial charge in [-0.05, 0) is 23.8 Å². The zero-order valence-electron chi connectivity index (χ0n) is 6.17. The van der Waals surface area contributed by atoms with E-state index in [-0.39, 0.29) is 11.9 Å². The topological polar surface area (TPSA) is 40.5 Å². The average Bonchev–Trinajstić information content (AvgIpc) is 1.96. The van der Waals surface area contributed by atoms with E-state index in [0.29, 0.717) is 5.02 Å². The van der Waals surface area contributed by atoms with Crippen molar-refractivity contribution in [3.63, 3.8) is 0 Å². The molecule has 0 fully saturated rings. The molecule has 2 N–H and O–H groups in total. The van der Waals surface area contributed by atoms with Crippen molar-refractivity contribution in [1.82, 2.24) is 0 Å². The summed E-state index contributed by atoms with van der Waals surface area (Å²) in [7, 11) is -1.54. The van der Waals surface area contributed by atoms with E-state index >= 15 is 0 Å². The van der Waals surface area contributed by atoms with Gasteiger partial charge >= 0.3 is 7.12 Å². The van der Waals surface area contributed by atoms with E-state index in [1.54, 1.807) is 0 Å². The standard InChI is InChI=1S/C7H7BClFO2/c9-6-1-2-7(10)5(3-6)4-8(11)12/h1-3,11-12H,4H2. The highest BCUT2D eigenvalue weighted by Gasteiger charge is 2.11. The van der Waals surface area contributed by atoms with Crippen LogP contribution in [0, 0.1) is 5.82 Å². The van der Waals surface area contributed by atoms with Gasteiger partial charge in [0.05, 0.1) is 0 Å². The van der Waals surface area contributed by atoms with Crippen LogP contribution in [0.4, 0.5) is 4.39 Å². The zero-order valence-corrected chi connectivity index (χ0v) is 6.92. The van der Waals surface area contributed by atoms with Gasteiger partial charge in [-0.2, -0.15) is 0 Å². The molecule has 0 unspecified atom stereocenters. The highest BCUT2D eigenvalue weighted by Crippen LogP contribution is 2.15. The van der Waals surface area contributed by atoms with Gasteiger partial charge in [-0.3, -0.25) is 0 Å². The van der Waals surface area contributed by atoms with Crippen molar-refractivity contribution in [3.8, 4) is 0 Å². The van der Waals surface area contributed by atoms with Gasteiger partial charge in [0.15, 0.2) is 0 Å². The van der Waals surface area contributed by atoms with E-state index in [2.05, 4.69) is 0 Å². The Morgan fingerprint density at radius 2 is 2.08 bits per heavy atom. The molecule has 0 aliphatic heterocycles. The Morgan fingerprint density at radius 3 is 2.67 bits per heavy atom. The van der Waals surface area contributed by atoms with E-state index in [9.17, 15) is 4.39 Å². The molecule has 1 aromatic carbocycles. The summed E-state index contributed by atoms with van der Waals surface area (Å²) in [6.07, 6.45) is -0.146. The van der Waals surface area contributed by atoms with Crippen LogP contribution in [0.15, 0.2) is 18.2 Å². The summed E-state index contributed by atoms with van der Waals surface area (Å²) in [5.74, 6) is -0.479. The van der Waals surface area contributed by atoms with Gasteiger partial charge in [0.25, 0.3) is 0 Å². The smallest absolute Gasteiger partial charge is 0.427 e. The van der Waals surface area contributed by atoms with E-state index < -0.39 is 12.9 Å². The third-order valence-corrected chi connectivity index (χ3v) is 1.65. The molecule has 1 rings (SSSR count). The lowest BCUT2D eigenvalue weighted by molar-refractivity contribution is 0.403. The van der Waals surface area contributed by atoms with E-state index in [1.165, 1.54) is 18.2 Å². The highest BCUT2D eigenvalue weighted by atomic mass is 35.5. The quantitative estimate of drug-likeness (QED) is 0.681. The maximum atomic E-state index is 12.8.